The fraction of sp³-hybridized carbons (Fsp3) is 0.529. The Morgan fingerprint density at radius 1 is 0.734 bits per heavy atom. The lowest BCUT2D eigenvalue weighted by atomic mass is 9.80. The van der Waals surface area contributed by atoms with Crippen molar-refractivity contribution in [2.75, 3.05) is 26.8 Å². The highest BCUT2D eigenvalue weighted by molar-refractivity contribution is 6.10. The first-order valence-corrected chi connectivity index (χ1v) is 23.3. The second kappa shape index (κ2) is 18.4. The topological polar surface area (TPSA) is 89.2 Å². The van der Waals surface area contributed by atoms with Crippen LogP contribution in [0.3, 0.4) is 0 Å². The number of halogens is 4. The largest absolute Gasteiger partial charge is 0.497 e. The van der Waals surface area contributed by atoms with E-state index in [9.17, 15) is 32.3 Å². The summed E-state index contributed by atoms with van der Waals surface area (Å²) in [6, 6.07) is 20.6. The zero-order valence-corrected chi connectivity index (χ0v) is 36.9. The zero-order valence-electron chi connectivity index (χ0n) is 36.9. The zero-order chi connectivity index (χ0) is 44.8. The average Bonchev–Trinajstić information content (AvgIpc) is 3.78. The van der Waals surface area contributed by atoms with Gasteiger partial charge in [-0.1, -0.05) is 30.3 Å². The van der Waals surface area contributed by atoms with E-state index >= 15 is 0 Å². The fourth-order valence-corrected chi connectivity index (χ4v) is 11.4. The molecular formula is C51H60F4N4O5. The number of rotatable bonds is 15. The lowest BCUT2D eigenvalue weighted by molar-refractivity contribution is -0.0884. The number of methoxy groups -OCH3 is 1. The van der Waals surface area contributed by atoms with Crippen LogP contribution >= 0.6 is 0 Å². The summed E-state index contributed by atoms with van der Waals surface area (Å²) < 4.78 is 68.1. The smallest absolute Gasteiger partial charge is 0.454 e. The Bertz CT molecular complexity index is 2430. The maximum Gasteiger partial charge on any atom is 0.454 e. The van der Waals surface area contributed by atoms with Crippen LogP contribution in [-0.4, -0.2) is 98.9 Å². The van der Waals surface area contributed by atoms with Crippen LogP contribution < -0.4 is 4.74 Å². The minimum Gasteiger partial charge on any atom is -0.497 e. The molecule has 64 heavy (non-hydrogen) atoms. The predicted molar refractivity (Wildman–Crippen MR) is 238 cm³/mol. The Morgan fingerprint density at radius 2 is 1.31 bits per heavy atom. The number of nitrogens with zero attached hydrogens (tertiary/aromatic N) is 4. The number of carbonyl (C=O) groups is 2. The summed E-state index contributed by atoms with van der Waals surface area (Å²) in [7, 11) is 1.67. The molecule has 5 aromatic rings. The summed E-state index contributed by atoms with van der Waals surface area (Å²) in [6.07, 6.45) is 11.7. The molecule has 4 aliphatic heterocycles. The van der Waals surface area contributed by atoms with Gasteiger partial charge in [0.15, 0.2) is 5.78 Å². The van der Waals surface area contributed by atoms with Gasteiger partial charge in [0.05, 0.1) is 24.4 Å². The number of alkyl halides is 3. The molecule has 1 saturated carbocycles. The van der Waals surface area contributed by atoms with Crippen molar-refractivity contribution in [1.82, 2.24) is 18.9 Å². The van der Waals surface area contributed by atoms with Gasteiger partial charge < -0.3 is 23.7 Å². The highest BCUT2D eigenvalue weighted by Crippen LogP contribution is 2.46. The van der Waals surface area contributed by atoms with Crippen molar-refractivity contribution in [1.29, 1.82) is 0 Å². The maximum absolute atomic E-state index is 13.3. The van der Waals surface area contributed by atoms with E-state index in [2.05, 4.69) is 20.4 Å². The Kier molecular flexibility index (Phi) is 12.8. The standard InChI is InChI=1S/C26H26F4N2O2.C25H34N2O3/c27-18-8-6-17(7-9-18)25(34)14-19-10-11-20(15-25)32(19)13-3-12-31-16-22(24(33)26(28,29)30)21-4-1-2-5-23(21)31;1-17(28)24-15-26(25-9-8-21(29-2)14-23(24)25)10-3-11-27-19-6-7-20(27)13-22(12-19)30-16-18-4-5-18/h1-2,4-9,16,19-20,34H,3,10-15H2;8-9,14-15,18-20,22H,3-7,10-13,16H2,1-2H3. The van der Waals surface area contributed by atoms with E-state index in [1.54, 1.807) is 55.0 Å². The molecule has 0 amide bonds. The van der Waals surface area contributed by atoms with Gasteiger partial charge in [0.1, 0.15) is 11.6 Å². The van der Waals surface area contributed by atoms with E-state index in [4.69, 9.17) is 9.47 Å². The number of benzene rings is 3. The molecule has 2 aromatic heterocycles. The number of aromatic nitrogens is 2. The molecule has 9 nitrogen and oxygen atoms in total. The summed E-state index contributed by atoms with van der Waals surface area (Å²) in [4.78, 5) is 29.2. The van der Waals surface area contributed by atoms with Crippen molar-refractivity contribution in [3.8, 4) is 5.75 Å². The van der Waals surface area contributed by atoms with E-state index in [0.29, 0.717) is 54.9 Å². The van der Waals surface area contributed by atoms with Gasteiger partial charge in [-0.25, -0.2) is 4.39 Å². The molecule has 5 fully saturated rings. The number of aryl methyl sites for hydroxylation is 2. The predicted octanol–water partition coefficient (Wildman–Crippen LogP) is 10.1. The molecule has 10 rings (SSSR count). The molecule has 342 valence electrons. The van der Waals surface area contributed by atoms with E-state index in [0.717, 1.165) is 79.2 Å². The van der Waals surface area contributed by atoms with Gasteiger partial charge >= 0.3 is 6.18 Å². The van der Waals surface area contributed by atoms with Gasteiger partial charge in [0.2, 0.25) is 0 Å². The monoisotopic (exact) mass is 884 g/mol. The highest BCUT2D eigenvalue weighted by Gasteiger charge is 2.48. The first kappa shape index (κ1) is 44.6. The van der Waals surface area contributed by atoms with Gasteiger partial charge in [0.25, 0.3) is 5.78 Å². The lowest BCUT2D eigenvalue weighted by Gasteiger charge is -2.44. The first-order valence-electron chi connectivity index (χ1n) is 23.3. The van der Waals surface area contributed by atoms with E-state index < -0.39 is 17.6 Å². The number of aliphatic hydroxyl groups is 1. The number of para-hydroxylation sites is 1. The molecule has 13 heteroatoms. The Hall–Kier alpha value is -4.56. The third-order valence-electron chi connectivity index (χ3n) is 14.8. The molecule has 5 aliphatic rings. The Morgan fingerprint density at radius 3 is 1.91 bits per heavy atom. The minimum absolute atomic E-state index is 0.110. The molecule has 4 unspecified atom stereocenters. The van der Waals surface area contributed by atoms with E-state index in [-0.39, 0.29) is 29.2 Å². The van der Waals surface area contributed by atoms with Crippen LogP contribution in [0.1, 0.15) is 110 Å². The second-order valence-corrected chi connectivity index (χ2v) is 19.0. The maximum atomic E-state index is 13.3. The summed E-state index contributed by atoms with van der Waals surface area (Å²) in [5.41, 5.74) is 1.98. The van der Waals surface area contributed by atoms with Crippen molar-refractivity contribution >= 4 is 33.4 Å². The minimum atomic E-state index is -4.91. The molecule has 1 N–H and O–H groups in total. The number of hydrogen-bond donors (Lipinski definition) is 1. The SMILES string of the molecule is COc1ccc2c(c1)c(C(C)=O)cn2CCCN1C2CCC1CC(OCC1CC1)C2.O=C(c1cn(CCCN2C3CCC2CC(O)(c2ccc(F)cc2)C3)c2ccccc12)C(F)(F)F. The summed E-state index contributed by atoms with van der Waals surface area (Å²) in [5.74, 6) is -0.386. The third kappa shape index (κ3) is 9.41. The van der Waals surface area contributed by atoms with Crippen molar-refractivity contribution in [3.05, 3.63) is 102 Å². The summed E-state index contributed by atoms with van der Waals surface area (Å²) in [6.45, 7) is 5.96. The van der Waals surface area contributed by atoms with Crippen LogP contribution in [0.5, 0.6) is 5.75 Å². The van der Waals surface area contributed by atoms with Crippen LogP contribution in [0.4, 0.5) is 17.6 Å². The summed E-state index contributed by atoms with van der Waals surface area (Å²) in [5, 5.41) is 12.6. The van der Waals surface area contributed by atoms with Crippen molar-refractivity contribution < 1.29 is 41.7 Å². The molecule has 4 bridgehead atoms. The lowest BCUT2D eigenvalue weighted by Crippen LogP contribution is -2.49. The number of hydrogen-bond acceptors (Lipinski definition) is 7. The van der Waals surface area contributed by atoms with Gasteiger partial charge in [-0.15, -0.1) is 0 Å². The summed E-state index contributed by atoms with van der Waals surface area (Å²) >= 11 is 0. The van der Waals surface area contributed by atoms with Gasteiger partial charge in [0, 0.05) is 96.7 Å². The number of carbonyl (C=O) groups excluding carboxylic acids is 2. The van der Waals surface area contributed by atoms with Gasteiger partial charge in [-0.2, -0.15) is 13.2 Å². The average molecular weight is 885 g/mol. The van der Waals surface area contributed by atoms with Crippen LogP contribution in [0, 0.1) is 11.7 Å². The number of ether oxygens (including phenoxy) is 2. The number of piperidine rings is 2. The van der Waals surface area contributed by atoms with Gasteiger partial charge in [-0.05, 0) is 132 Å². The van der Waals surface area contributed by atoms with Crippen molar-refractivity contribution in [3.63, 3.8) is 0 Å². The molecule has 4 saturated heterocycles. The number of Topliss-reactive ketones (excluding diaryl/α,β-unsaturated/α-hetero) is 2. The van der Waals surface area contributed by atoms with Gasteiger partial charge in [-0.3, -0.25) is 19.4 Å². The first-order chi connectivity index (χ1) is 30.8. The highest BCUT2D eigenvalue weighted by atomic mass is 19.4. The molecule has 4 atom stereocenters. The molecular weight excluding hydrogens is 825 g/mol. The molecule has 0 spiro atoms. The second-order valence-electron chi connectivity index (χ2n) is 19.0. The van der Waals surface area contributed by atoms with Crippen molar-refractivity contribution in [2.45, 2.75) is 139 Å². The van der Waals surface area contributed by atoms with Crippen LogP contribution in [0.2, 0.25) is 0 Å². The molecule has 1 aliphatic carbocycles. The third-order valence-corrected chi connectivity index (χ3v) is 14.8. The fourth-order valence-electron chi connectivity index (χ4n) is 11.4. The Balaban J connectivity index is 0.000000163. The quantitative estimate of drug-likeness (QED) is 0.0828. The number of ketones is 2. The molecule has 3 aromatic carbocycles. The number of fused-ring (bicyclic) bond motifs is 6. The molecule has 0 radical (unpaired) electrons. The Labute approximate surface area is 372 Å². The normalized spacial score (nSPS) is 25.8. The van der Waals surface area contributed by atoms with E-state index in [1.165, 1.54) is 56.9 Å². The van der Waals surface area contributed by atoms with Crippen LogP contribution in [0.15, 0.2) is 79.1 Å². The van der Waals surface area contributed by atoms with Crippen LogP contribution in [-0.2, 0) is 23.4 Å². The van der Waals surface area contributed by atoms with Crippen molar-refractivity contribution in [2.24, 2.45) is 5.92 Å². The molecule has 6 heterocycles. The van der Waals surface area contributed by atoms with E-state index in [1.807, 2.05) is 18.3 Å². The van der Waals surface area contributed by atoms with Crippen LogP contribution in [0.25, 0.3) is 21.8 Å².